The second kappa shape index (κ2) is 22.6. The van der Waals surface area contributed by atoms with Crippen molar-refractivity contribution in [1.82, 2.24) is 15.3 Å². The average Bonchev–Trinajstić information content (AvgIpc) is 3.30. The largest absolute Gasteiger partial charge is 0.356 e. The van der Waals surface area contributed by atoms with Crippen molar-refractivity contribution in [1.29, 1.82) is 5.41 Å². The third-order valence-electron chi connectivity index (χ3n) is 5.15. The minimum atomic E-state index is -0.986. The quantitative estimate of drug-likeness (QED) is 0.306. The third kappa shape index (κ3) is 17.3. The van der Waals surface area contributed by atoms with Gasteiger partial charge in [-0.2, -0.15) is 0 Å². The van der Waals surface area contributed by atoms with Crippen molar-refractivity contribution in [2.75, 3.05) is 13.2 Å². The average molecular weight is 485 g/mol. The Balaban J connectivity index is -0.000000469. The number of hydrogen-bond acceptors (Lipinski definition) is 3. The number of nitrogens with zero attached hydrogens (tertiary/aromatic N) is 1. The number of imidazole rings is 1. The molecular weight excluding hydrogens is 434 g/mol. The summed E-state index contributed by atoms with van der Waals surface area (Å²) in [5.74, 6) is 0.966. The van der Waals surface area contributed by atoms with Gasteiger partial charge in [0, 0.05) is 18.7 Å². The number of rotatable bonds is 3. The molecular formula is C27H50F2N4O. The summed E-state index contributed by atoms with van der Waals surface area (Å²) in [6.07, 6.45) is 14.6. The first kappa shape index (κ1) is 36.3. The standard InChI is InChI=1S/C13H20F2N2.C5H9NO.C3H7N.2C2H6.C2H2/c1-9-16-7-11(17-9)12(15)10-3-5-13(2,8-14)6-4-10;7-5-3-1-2-4-6-5;1-3(2)4;3*1-2/h7,10,12H,3-6,8H2,1-2H3,(H,16,17);1-4H2,(H,6,7);4H,1-2H3;2*1-2H3;1-2H. The molecule has 34 heavy (non-hydrogen) atoms. The predicted molar refractivity (Wildman–Crippen MR) is 142 cm³/mol. The summed E-state index contributed by atoms with van der Waals surface area (Å²) < 4.78 is 27.0. The monoisotopic (exact) mass is 484 g/mol. The number of aryl methyl sites for hydroxylation is 1. The molecule has 198 valence electrons. The zero-order valence-electron chi connectivity index (χ0n) is 22.9. The van der Waals surface area contributed by atoms with Crippen LogP contribution in [-0.4, -0.2) is 34.8 Å². The van der Waals surface area contributed by atoms with Crippen LogP contribution in [0, 0.1) is 36.5 Å². The van der Waals surface area contributed by atoms with Crippen LogP contribution < -0.4 is 5.32 Å². The number of hydrogen-bond donors (Lipinski definition) is 3. The first-order valence-electron chi connectivity index (χ1n) is 12.5. The molecule has 1 amide bonds. The smallest absolute Gasteiger partial charge is 0.219 e. The summed E-state index contributed by atoms with van der Waals surface area (Å²) in [6, 6.07) is 0. The van der Waals surface area contributed by atoms with Crippen molar-refractivity contribution in [3.05, 3.63) is 17.7 Å². The number of terminal acetylenes is 1. The van der Waals surface area contributed by atoms with Crippen LogP contribution in [0.3, 0.4) is 0 Å². The van der Waals surface area contributed by atoms with Crippen LogP contribution in [0.1, 0.15) is 111 Å². The molecule has 1 saturated carbocycles. The molecule has 1 atom stereocenters. The number of amides is 1. The van der Waals surface area contributed by atoms with E-state index in [1.807, 2.05) is 41.5 Å². The van der Waals surface area contributed by atoms with Crippen LogP contribution in [0.15, 0.2) is 6.20 Å². The van der Waals surface area contributed by atoms with Gasteiger partial charge < -0.3 is 15.7 Å². The Morgan fingerprint density at radius 2 is 1.71 bits per heavy atom. The number of H-pyrrole nitrogens is 1. The zero-order chi connectivity index (χ0) is 27.2. The third-order valence-corrected chi connectivity index (χ3v) is 5.15. The molecule has 0 aromatic carbocycles. The van der Waals surface area contributed by atoms with Crippen LogP contribution >= 0.6 is 0 Å². The van der Waals surface area contributed by atoms with Gasteiger partial charge >= 0.3 is 0 Å². The minimum absolute atomic E-state index is 0.00877. The van der Waals surface area contributed by atoms with Crippen molar-refractivity contribution >= 4 is 11.6 Å². The van der Waals surface area contributed by atoms with Crippen LogP contribution in [0.5, 0.6) is 0 Å². The van der Waals surface area contributed by atoms with E-state index >= 15 is 0 Å². The molecule has 7 heteroatoms. The van der Waals surface area contributed by atoms with Crippen molar-refractivity contribution in [3.8, 4) is 12.8 Å². The van der Waals surface area contributed by atoms with Crippen molar-refractivity contribution in [2.45, 2.75) is 107 Å². The van der Waals surface area contributed by atoms with Crippen LogP contribution in [-0.2, 0) is 4.79 Å². The van der Waals surface area contributed by atoms with Gasteiger partial charge in [0.2, 0.25) is 5.91 Å². The summed E-state index contributed by atoms with van der Waals surface area (Å²) in [6.45, 7) is 15.9. The molecule has 1 saturated heterocycles. The maximum Gasteiger partial charge on any atom is 0.219 e. The maximum atomic E-state index is 14.2. The highest BCUT2D eigenvalue weighted by Gasteiger charge is 2.35. The number of nitrogens with one attached hydrogen (secondary N) is 3. The van der Waals surface area contributed by atoms with E-state index < -0.39 is 6.17 Å². The Hall–Kier alpha value is -2.23. The molecule has 1 aliphatic heterocycles. The van der Waals surface area contributed by atoms with Gasteiger partial charge in [0.15, 0.2) is 0 Å². The van der Waals surface area contributed by atoms with Crippen LogP contribution in [0.25, 0.3) is 0 Å². The number of piperidine rings is 1. The van der Waals surface area contributed by atoms with Gasteiger partial charge in [-0.25, -0.2) is 9.37 Å². The van der Waals surface area contributed by atoms with Crippen molar-refractivity contribution < 1.29 is 13.6 Å². The second-order valence-corrected chi connectivity index (χ2v) is 8.41. The Morgan fingerprint density at radius 1 is 1.21 bits per heavy atom. The number of alkyl halides is 2. The lowest BCUT2D eigenvalue weighted by atomic mass is 9.71. The molecule has 0 bridgehead atoms. The van der Waals surface area contributed by atoms with Gasteiger partial charge in [0.25, 0.3) is 0 Å². The Morgan fingerprint density at radius 3 is 2.00 bits per heavy atom. The highest BCUT2D eigenvalue weighted by atomic mass is 19.1. The fourth-order valence-corrected chi connectivity index (χ4v) is 3.32. The number of halogens is 2. The first-order chi connectivity index (χ1) is 16.2. The van der Waals surface area contributed by atoms with Crippen molar-refractivity contribution in [3.63, 3.8) is 0 Å². The van der Waals surface area contributed by atoms with Gasteiger partial charge in [0.05, 0.1) is 18.6 Å². The zero-order valence-corrected chi connectivity index (χ0v) is 22.9. The lowest BCUT2D eigenvalue weighted by molar-refractivity contribution is -0.122. The van der Waals surface area contributed by atoms with Gasteiger partial charge in [0.1, 0.15) is 12.0 Å². The minimum Gasteiger partial charge on any atom is -0.356 e. The molecule has 2 aliphatic rings. The number of aromatic amines is 1. The summed E-state index contributed by atoms with van der Waals surface area (Å²) in [4.78, 5) is 17.3. The fourth-order valence-electron chi connectivity index (χ4n) is 3.32. The summed E-state index contributed by atoms with van der Waals surface area (Å²) in [7, 11) is 0. The fraction of sp³-hybridized carbons (Fsp3) is 0.741. The molecule has 1 unspecified atom stereocenters. The molecule has 3 N–H and O–H groups in total. The number of carbonyl (C=O) groups excluding carboxylic acids is 1. The molecule has 3 rings (SSSR count). The topological polar surface area (TPSA) is 81.6 Å². The van der Waals surface area contributed by atoms with Gasteiger partial charge in [-0.3, -0.25) is 9.18 Å². The molecule has 0 spiro atoms. The molecule has 0 radical (unpaired) electrons. The van der Waals surface area contributed by atoms with Crippen LogP contribution in [0.2, 0.25) is 0 Å². The van der Waals surface area contributed by atoms with Gasteiger partial charge in [-0.1, -0.05) is 34.6 Å². The molecule has 1 aliphatic carbocycles. The molecule has 5 nitrogen and oxygen atoms in total. The van der Waals surface area contributed by atoms with Gasteiger partial charge in [-0.15, -0.1) is 12.8 Å². The Kier molecular flexibility index (Phi) is 24.1. The summed E-state index contributed by atoms with van der Waals surface area (Å²) >= 11 is 0. The van der Waals surface area contributed by atoms with Gasteiger partial charge in [-0.05, 0) is 70.6 Å². The van der Waals surface area contributed by atoms with E-state index in [1.165, 1.54) is 0 Å². The summed E-state index contributed by atoms with van der Waals surface area (Å²) in [5, 5.41) is 9.24. The molecule has 1 aromatic heterocycles. The number of carbonyl (C=O) groups is 1. The Bertz CT molecular complexity index is 638. The highest BCUT2D eigenvalue weighted by molar-refractivity contribution is 5.76. The molecule has 2 fully saturated rings. The Labute approximate surface area is 207 Å². The van der Waals surface area contributed by atoms with Crippen molar-refractivity contribution in [2.24, 2.45) is 11.3 Å². The normalized spacial score (nSPS) is 21.3. The highest BCUT2D eigenvalue weighted by Crippen LogP contribution is 2.44. The molecule has 1 aromatic rings. The molecule has 2 heterocycles. The van der Waals surface area contributed by atoms with E-state index in [2.05, 4.69) is 28.1 Å². The lowest BCUT2D eigenvalue weighted by Crippen LogP contribution is -2.28. The van der Waals surface area contributed by atoms with E-state index in [1.54, 1.807) is 20.0 Å². The first-order valence-corrected chi connectivity index (χ1v) is 12.5. The number of aromatic nitrogens is 2. The lowest BCUT2D eigenvalue weighted by Gasteiger charge is -2.36. The SMILES string of the molecule is C#C.CC.CC.CC(C)=N.Cc1ncc(C(F)C2CCC(C)(CF)CC2)[nH]1.O=C1CCCCN1. The summed E-state index contributed by atoms with van der Waals surface area (Å²) in [5.41, 5.74) is 1.01. The maximum absolute atomic E-state index is 14.2. The van der Waals surface area contributed by atoms with E-state index in [0.717, 1.165) is 57.3 Å². The predicted octanol–water partition coefficient (Wildman–Crippen LogP) is 7.53. The van der Waals surface area contributed by atoms with E-state index in [-0.39, 0.29) is 23.9 Å². The van der Waals surface area contributed by atoms with E-state index in [9.17, 15) is 13.6 Å². The van der Waals surface area contributed by atoms with E-state index in [0.29, 0.717) is 11.4 Å². The van der Waals surface area contributed by atoms with E-state index in [4.69, 9.17) is 5.41 Å². The second-order valence-electron chi connectivity index (χ2n) is 8.41. The van der Waals surface area contributed by atoms with Crippen LogP contribution in [0.4, 0.5) is 8.78 Å².